The Morgan fingerprint density at radius 1 is 0.700 bits per heavy atom. The highest BCUT2D eigenvalue weighted by atomic mass is 32.2. The van der Waals surface area contributed by atoms with E-state index in [-0.39, 0.29) is 33.8 Å². The summed E-state index contributed by atoms with van der Waals surface area (Å²) < 4.78 is 0. The molecule has 0 radical (unpaired) electrons. The monoisotopic (exact) mass is 308 g/mol. The number of benzene rings is 1. The van der Waals surface area contributed by atoms with E-state index < -0.39 is 0 Å². The second kappa shape index (κ2) is 4.95. The van der Waals surface area contributed by atoms with Gasteiger partial charge in [0.25, 0.3) is 10.5 Å². The van der Waals surface area contributed by atoms with Crippen LogP contribution in [0.25, 0.3) is 0 Å². The standard InChI is InChI=1S/C12H8N2O4S2/c15-9-5-19-11(17)13(9)7-1-2-8(4-3-7)14-10(16)6-20-12(14)18/h1-4H,5-6H2. The first-order valence-corrected chi connectivity index (χ1v) is 7.64. The Kier molecular flexibility index (Phi) is 3.27. The van der Waals surface area contributed by atoms with Crippen molar-refractivity contribution in [1.29, 1.82) is 0 Å². The molecule has 2 fully saturated rings. The molecule has 0 atom stereocenters. The summed E-state index contributed by atoms with van der Waals surface area (Å²) in [6.45, 7) is 0. The molecule has 20 heavy (non-hydrogen) atoms. The van der Waals surface area contributed by atoms with Crippen molar-refractivity contribution in [2.75, 3.05) is 21.3 Å². The minimum Gasteiger partial charge on any atom is -0.273 e. The number of rotatable bonds is 2. The van der Waals surface area contributed by atoms with Gasteiger partial charge in [-0.2, -0.15) is 0 Å². The van der Waals surface area contributed by atoms with Crippen LogP contribution in [0.1, 0.15) is 0 Å². The summed E-state index contributed by atoms with van der Waals surface area (Å²) in [5.74, 6) is -0.256. The van der Waals surface area contributed by atoms with E-state index in [1.165, 1.54) is 0 Å². The second-order valence-corrected chi connectivity index (χ2v) is 5.94. The first kappa shape index (κ1) is 13.2. The molecule has 4 amide bonds. The van der Waals surface area contributed by atoms with Crippen molar-refractivity contribution >= 4 is 57.2 Å². The van der Waals surface area contributed by atoms with Crippen molar-refractivity contribution in [3.63, 3.8) is 0 Å². The van der Waals surface area contributed by atoms with Crippen LogP contribution in [0.5, 0.6) is 0 Å². The molecule has 1 aromatic carbocycles. The van der Waals surface area contributed by atoms with Gasteiger partial charge in [-0.25, -0.2) is 9.80 Å². The summed E-state index contributed by atoms with van der Waals surface area (Å²) in [4.78, 5) is 48.5. The fourth-order valence-corrected chi connectivity index (χ4v) is 3.38. The lowest BCUT2D eigenvalue weighted by atomic mass is 10.2. The summed E-state index contributed by atoms with van der Waals surface area (Å²) in [6.07, 6.45) is 0. The molecule has 0 spiro atoms. The van der Waals surface area contributed by atoms with Crippen LogP contribution in [0.4, 0.5) is 21.0 Å². The van der Waals surface area contributed by atoms with Crippen LogP contribution >= 0.6 is 23.5 Å². The number of amides is 4. The van der Waals surface area contributed by atoms with Gasteiger partial charge in [-0.1, -0.05) is 23.5 Å². The average Bonchev–Trinajstić information content (AvgIpc) is 2.94. The van der Waals surface area contributed by atoms with Crippen molar-refractivity contribution < 1.29 is 19.2 Å². The normalized spacial score (nSPS) is 19.4. The highest BCUT2D eigenvalue weighted by molar-refractivity contribution is 8.15. The highest BCUT2D eigenvalue weighted by Gasteiger charge is 2.33. The van der Waals surface area contributed by atoms with Gasteiger partial charge >= 0.3 is 0 Å². The molecule has 0 unspecified atom stereocenters. The Labute approximate surface area is 122 Å². The van der Waals surface area contributed by atoms with Crippen molar-refractivity contribution in [2.24, 2.45) is 0 Å². The smallest absolute Gasteiger partial charge is 0.273 e. The molecular formula is C12H8N2O4S2. The predicted molar refractivity (Wildman–Crippen MR) is 77.1 cm³/mol. The summed E-state index contributed by atoms with van der Waals surface area (Å²) >= 11 is 1.91. The van der Waals surface area contributed by atoms with Crippen LogP contribution in [-0.4, -0.2) is 33.8 Å². The summed E-state index contributed by atoms with van der Waals surface area (Å²) in [7, 11) is 0. The van der Waals surface area contributed by atoms with E-state index in [9.17, 15) is 19.2 Å². The van der Waals surface area contributed by atoms with Gasteiger partial charge in [0.05, 0.1) is 22.9 Å². The molecule has 102 valence electrons. The number of carbonyl (C=O) groups excluding carboxylic acids is 4. The van der Waals surface area contributed by atoms with Gasteiger partial charge < -0.3 is 0 Å². The van der Waals surface area contributed by atoms with E-state index in [0.717, 1.165) is 33.3 Å². The van der Waals surface area contributed by atoms with Gasteiger partial charge in [0.15, 0.2) is 0 Å². The van der Waals surface area contributed by atoms with Crippen LogP contribution in [0.3, 0.4) is 0 Å². The Hall–Kier alpha value is -1.80. The van der Waals surface area contributed by atoms with Crippen LogP contribution < -0.4 is 9.80 Å². The number of nitrogens with zero attached hydrogens (tertiary/aromatic N) is 2. The third kappa shape index (κ3) is 2.10. The van der Waals surface area contributed by atoms with Crippen molar-refractivity contribution in [1.82, 2.24) is 0 Å². The predicted octanol–water partition coefficient (Wildman–Crippen LogP) is 2.09. The minimum atomic E-state index is -0.313. The van der Waals surface area contributed by atoms with E-state index in [2.05, 4.69) is 0 Å². The van der Waals surface area contributed by atoms with E-state index >= 15 is 0 Å². The summed E-state index contributed by atoms with van der Waals surface area (Å²) in [6, 6.07) is 6.22. The fourth-order valence-electron chi connectivity index (χ4n) is 1.96. The summed E-state index contributed by atoms with van der Waals surface area (Å²) in [5, 5.41) is -0.627. The second-order valence-electron chi connectivity index (χ2n) is 4.08. The van der Waals surface area contributed by atoms with Gasteiger partial charge in [-0.3, -0.25) is 19.2 Å². The fraction of sp³-hybridized carbons (Fsp3) is 0.167. The van der Waals surface area contributed by atoms with Gasteiger partial charge in [-0.05, 0) is 24.3 Å². The molecule has 3 rings (SSSR count). The highest BCUT2D eigenvalue weighted by Crippen LogP contribution is 2.31. The zero-order valence-electron chi connectivity index (χ0n) is 10.1. The number of carbonyl (C=O) groups is 4. The van der Waals surface area contributed by atoms with Crippen LogP contribution in [0.2, 0.25) is 0 Å². The van der Waals surface area contributed by atoms with Crippen LogP contribution in [0.15, 0.2) is 24.3 Å². The molecule has 6 nitrogen and oxygen atoms in total. The number of hydrogen-bond acceptors (Lipinski definition) is 6. The lowest BCUT2D eigenvalue weighted by Crippen LogP contribution is -2.29. The SMILES string of the molecule is O=C1CSC(=O)N1c1ccc(N2C(=O)CSC2=O)cc1. The Bertz CT molecular complexity index is 542. The van der Waals surface area contributed by atoms with Crippen molar-refractivity contribution in [3.8, 4) is 0 Å². The van der Waals surface area contributed by atoms with Gasteiger partial charge in [0.1, 0.15) is 0 Å². The molecule has 0 N–H and O–H groups in total. The molecule has 1 aromatic rings. The lowest BCUT2D eigenvalue weighted by Gasteiger charge is -2.16. The third-order valence-corrected chi connectivity index (χ3v) is 4.51. The maximum absolute atomic E-state index is 11.6. The third-order valence-electron chi connectivity index (χ3n) is 2.87. The molecule has 0 aliphatic carbocycles. The van der Waals surface area contributed by atoms with E-state index in [0.29, 0.717) is 11.4 Å². The first-order valence-electron chi connectivity index (χ1n) is 5.67. The van der Waals surface area contributed by atoms with Crippen LogP contribution in [-0.2, 0) is 9.59 Å². The van der Waals surface area contributed by atoms with Crippen LogP contribution in [0, 0.1) is 0 Å². The van der Waals surface area contributed by atoms with Crippen molar-refractivity contribution in [3.05, 3.63) is 24.3 Å². The zero-order chi connectivity index (χ0) is 14.3. The molecular weight excluding hydrogens is 300 g/mol. The lowest BCUT2D eigenvalue weighted by molar-refractivity contribution is -0.116. The molecule has 2 heterocycles. The maximum Gasteiger partial charge on any atom is 0.293 e. The number of hydrogen-bond donors (Lipinski definition) is 0. The van der Waals surface area contributed by atoms with Gasteiger partial charge in [0, 0.05) is 0 Å². The topological polar surface area (TPSA) is 74.8 Å². The maximum atomic E-state index is 11.6. The average molecular weight is 308 g/mol. The Balaban J connectivity index is 1.88. The van der Waals surface area contributed by atoms with Crippen molar-refractivity contribution in [2.45, 2.75) is 0 Å². The molecule has 2 saturated heterocycles. The molecule has 0 saturated carbocycles. The van der Waals surface area contributed by atoms with E-state index in [1.807, 2.05) is 0 Å². The zero-order valence-corrected chi connectivity index (χ0v) is 11.7. The largest absolute Gasteiger partial charge is 0.293 e. The number of imide groups is 2. The minimum absolute atomic E-state index is 0.139. The molecule has 2 aliphatic rings. The Morgan fingerprint density at radius 2 is 1.05 bits per heavy atom. The Morgan fingerprint density at radius 3 is 1.30 bits per heavy atom. The first-order chi connectivity index (χ1) is 9.58. The van der Waals surface area contributed by atoms with E-state index in [4.69, 9.17) is 0 Å². The van der Waals surface area contributed by atoms with Gasteiger partial charge in [0.2, 0.25) is 11.8 Å². The number of thioether (sulfide) groups is 2. The molecule has 0 aromatic heterocycles. The molecule has 8 heteroatoms. The number of anilines is 2. The quantitative estimate of drug-likeness (QED) is 0.833. The summed E-state index contributed by atoms with van der Waals surface area (Å²) in [5.41, 5.74) is 0.890. The van der Waals surface area contributed by atoms with Gasteiger partial charge in [-0.15, -0.1) is 0 Å². The van der Waals surface area contributed by atoms with E-state index in [1.54, 1.807) is 24.3 Å². The molecule has 2 aliphatic heterocycles. The molecule has 0 bridgehead atoms.